The zero-order valence-electron chi connectivity index (χ0n) is 32.3. The Kier molecular flexibility index (Phi) is 24.8. The van der Waals surface area contributed by atoms with E-state index in [0.717, 1.165) is 70.6 Å². The summed E-state index contributed by atoms with van der Waals surface area (Å²) in [5.74, 6) is -4.56. The Balaban J connectivity index is 2.39. The summed E-state index contributed by atoms with van der Waals surface area (Å²) in [5.41, 5.74) is 5.25. The second kappa shape index (κ2) is 27.4. The third-order valence-corrected chi connectivity index (χ3v) is 9.49. The predicted molar refractivity (Wildman–Crippen MR) is 197 cm³/mol. The number of ether oxygens (including phenoxy) is 3. The Bertz CT molecular complexity index is 1250. The van der Waals surface area contributed by atoms with E-state index in [2.05, 4.69) is 20.5 Å². The van der Waals surface area contributed by atoms with Crippen molar-refractivity contribution in [3.63, 3.8) is 0 Å². The van der Waals surface area contributed by atoms with Crippen LogP contribution in [0.1, 0.15) is 124 Å². The van der Waals surface area contributed by atoms with E-state index in [-0.39, 0.29) is 32.7 Å². The molecule has 1 fully saturated rings. The summed E-state index contributed by atoms with van der Waals surface area (Å²) in [6, 6.07) is -3.30. The average Bonchev–Trinajstić information content (AvgIpc) is 3.09. The summed E-state index contributed by atoms with van der Waals surface area (Å²) in [6.07, 6.45) is 7.64. The molecule has 1 saturated heterocycles. The highest BCUT2D eigenvalue weighted by Crippen LogP contribution is 2.35. The molecular formula is C35H63N4O15P. The van der Waals surface area contributed by atoms with Crippen LogP contribution in [0.3, 0.4) is 0 Å². The van der Waals surface area contributed by atoms with Crippen molar-refractivity contribution in [2.45, 2.75) is 166 Å². The minimum atomic E-state index is -4.37. The van der Waals surface area contributed by atoms with E-state index in [1.807, 2.05) is 0 Å². The lowest BCUT2D eigenvalue weighted by Gasteiger charge is -2.41. The number of hydrogen-bond donors (Lipinski definition) is 8. The van der Waals surface area contributed by atoms with Gasteiger partial charge >= 0.3 is 19.8 Å². The van der Waals surface area contributed by atoms with Gasteiger partial charge in [0.15, 0.2) is 0 Å². The molecule has 1 aliphatic heterocycles. The van der Waals surface area contributed by atoms with Crippen molar-refractivity contribution in [2.24, 2.45) is 5.73 Å². The minimum absolute atomic E-state index is 0.0769. The van der Waals surface area contributed by atoms with Crippen LogP contribution in [0.5, 0.6) is 0 Å². The number of carboxylic acids is 1. The molecular weight excluding hydrogens is 747 g/mol. The number of carbonyl (C=O) groups excluding carboxylic acids is 5. The standard InChI is InChI=1S/C35H63N4O15P/c1-23(34(46)39-26(33(36)45)18-19-29(41)42)37-35(47)24(2)54-32-27(38-25(3)40)21-51-28(31(32)44)22-52-30(43)17-15-13-11-9-7-5-4-6-8-10-12-14-16-20-53-55(48,49)50/h23-24,26-28,31-32,44H,4-22H2,1-3H3,(H2,36,45)(H,37,47)(H,38,40)(H,39,46)(H,41,42)(H2,48,49,50)/t23-,24+,26-,27-,28+,31+,32+/m0/s1. The molecule has 1 rings (SSSR count). The topological polar surface area (TPSA) is 299 Å². The zero-order chi connectivity index (χ0) is 41.4. The van der Waals surface area contributed by atoms with Gasteiger partial charge in [0, 0.05) is 19.8 Å². The van der Waals surface area contributed by atoms with Crippen molar-refractivity contribution in [2.75, 3.05) is 19.8 Å². The normalized spacial score (nSPS) is 20.1. The number of esters is 1. The molecule has 55 heavy (non-hydrogen) atoms. The van der Waals surface area contributed by atoms with Gasteiger partial charge in [-0.15, -0.1) is 0 Å². The fourth-order valence-electron chi connectivity index (χ4n) is 5.87. The van der Waals surface area contributed by atoms with Gasteiger partial charge in [-0.1, -0.05) is 70.6 Å². The lowest BCUT2D eigenvalue weighted by atomic mass is 9.97. The van der Waals surface area contributed by atoms with Gasteiger partial charge in [0.1, 0.15) is 43.1 Å². The quantitative estimate of drug-likeness (QED) is 0.0290. The molecule has 9 N–H and O–H groups in total. The number of hydrogen-bond acceptors (Lipinski definition) is 12. The SMILES string of the molecule is CC(=O)N[C@H]1CO[C@H](COC(=O)CCCCCCCCCCCCCCCOP(=O)(O)O)[C@@H](O)[C@@H]1O[C@H](C)C(=O)N[C@@H](C)C(=O)N[C@@H](CCC(=O)O)C(N)=O. The van der Waals surface area contributed by atoms with Gasteiger partial charge < -0.3 is 55.9 Å². The van der Waals surface area contributed by atoms with Crippen molar-refractivity contribution in [1.29, 1.82) is 0 Å². The molecule has 1 heterocycles. The van der Waals surface area contributed by atoms with Crippen LogP contribution in [0.4, 0.5) is 0 Å². The highest BCUT2D eigenvalue weighted by molar-refractivity contribution is 7.46. The van der Waals surface area contributed by atoms with Crippen LogP contribution in [0.2, 0.25) is 0 Å². The molecule has 19 nitrogen and oxygen atoms in total. The van der Waals surface area contributed by atoms with E-state index in [9.17, 15) is 38.4 Å². The average molecular weight is 811 g/mol. The number of primary amides is 1. The maximum absolute atomic E-state index is 12.9. The first-order chi connectivity index (χ1) is 25.9. The van der Waals surface area contributed by atoms with E-state index < -0.39 is 92.4 Å². The lowest BCUT2D eigenvalue weighted by Crippen LogP contribution is -2.62. The smallest absolute Gasteiger partial charge is 0.469 e. The van der Waals surface area contributed by atoms with Crippen LogP contribution in [-0.2, 0) is 52.1 Å². The number of nitrogens with two attached hydrogens (primary N) is 1. The number of carboxylic acid groups (broad SMARTS) is 1. The van der Waals surface area contributed by atoms with Gasteiger partial charge in [0.2, 0.25) is 23.6 Å². The van der Waals surface area contributed by atoms with Crippen LogP contribution >= 0.6 is 7.82 Å². The molecule has 0 unspecified atom stereocenters. The van der Waals surface area contributed by atoms with Crippen molar-refractivity contribution >= 4 is 43.4 Å². The number of carbonyl (C=O) groups is 6. The summed E-state index contributed by atoms with van der Waals surface area (Å²) < 4.78 is 32.0. The van der Waals surface area contributed by atoms with Gasteiger partial charge in [0.05, 0.1) is 19.3 Å². The number of amides is 4. The van der Waals surface area contributed by atoms with Crippen LogP contribution < -0.4 is 21.7 Å². The molecule has 0 bridgehead atoms. The Hall–Kier alpha value is -3.19. The molecule has 0 spiro atoms. The number of phosphoric ester groups is 1. The third-order valence-electron chi connectivity index (χ3n) is 8.98. The summed E-state index contributed by atoms with van der Waals surface area (Å²) in [5, 5.41) is 27.3. The Morgan fingerprint density at radius 2 is 1.38 bits per heavy atom. The number of phosphoric acid groups is 1. The molecule has 4 amide bonds. The van der Waals surface area contributed by atoms with Crippen molar-refractivity contribution in [3.8, 4) is 0 Å². The fraction of sp³-hybridized carbons (Fsp3) is 0.829. The Labute approximate surface area is 322 Å². The summed E-state index contributed by atoms with van der Waals surface area (Å²) in [6.45, 7) is 3.65. The predicted octanol–water partition coefficient (Wildman–Crippen LogP) is 1.48. The third kappa shape index (κ3) is 23.5. The van der Waals surface area contributed by atoms with Gasteiger partial charge in [-0.3, -0.25) is 33.3 Å². The Morgan fingerprint density at radius 1 is 0.836 bits per heavy atom. The lowest BCUT2D eigenvalue weighted by molar-refractivity contribution is -0.198. The van der Waals surface area contributed by atoms with E-state index in [1.54, 1.807) is 0 Å². The second-order valence-corrected chi connectivity index (χ2v) is 15.1. The van der Waals surface area contributed by atoms with Gasteiger partial charge in [-0.25, -0.2) is 4.57 Å². The van der Waals surface area contributed by atoms with E-state index in [4.69, 9.17) is 34.8 Å². The first kappa shape index (κ1) is 49.8. The molecule has 0 aromatic carbocycles. The van der Waals surface area contributed by atoms with Crippen molar-refractivity contribution in [1.82, 2.24) is 16.0 Å². The summed E-state index contributed by atoms with van der Waals surface area (Å²) >= 11 is 0. The van der Waals surface area contributed by atoms with Gasteiger partial charge in [-0.05, 0) is 33.1 Å². The highest BCUT2D eigenvalue weighted by atomic mass is 31.2. The van der Waals surface area contributed by atoms with E-state index >= 15 is 0 Å². The largest absolute Gasteiger partial charge is 0.481 e. The molecule has 0 aliphatic carbocycles. The van der Waals surface area contributed by atoms with E-state index in [0.29, 0.717) is 12.8 Å². The molecule has 7 atom stereocenters. The molecule has 20 heteroatoms. The van der Waals surface area contributed by atoms with Gasteiger partial charge in [-0.2, -0.15) is 0 Å². The van der Waals surface area contributed by atoms with Crippen LogP contribution in [0.25, 0.3) is 0 Å². The van der Waals surface area contributed by atoms with E-state index in [1.165, 1.54) is 20.8 Å². The zero-order valence-corrected chi connectivity index (χ0v) is 33.2. The first-order valence-electron chi connectivity index (χ1n) is 19.1. The number of aliphatic carboxylic acids is 1. The van der Waals surface area contributed by atoms with Crippen molar-refractivity contribution < 1.29 is 72.1 Å². The molecule has 0 radical (unpaired) electrons. The number of aliphatic hydroxyl groups is 1. The Morgan fingerprint density at radius 3 is 1.89 bits per heavy atom. The summed E-state index contributed by atoms with van der Waals surface area (Å²) in [4.78, 5) is 89.6. The number of rotatable bonds is 30. The molecule has 318 valence electrons. The maximum atomic E-state index is 12.9. The molecule has 1 aliphatic rings. The van der Waals surface area contributed by atoms with Crippen molar-refractivity contribution in [3.05, 3.63) is 0 Å². The second-order valence-electron chi connectivity index (χ2n) is 13.9. The molecule has 0 aromatic heterocycles. The van der Waals surface area contributed by atoms with Crippen LogP contribution in [0, 0.1) is 0 Å². The fourth-order valence-corrected chi connectivity index (χ4v) is 6.23. The van der Waals surface area contributed by atoms with Gasteiger partial charge in [0.25, 0.3) is 0 Å². The first-order valence-corrected chi connectivity index (χ1v) is 20.6. The monoisotopic (exact) mass is 810 g/mol. The van der Waals surface area contributed by atoms with Crippen LogP contribution in [-0.4, -0.2) is 118 Å². The molecule has 0 saturated carbocycles. The number of aliphatic hydroxyl groups excluding tert-OH is 1. The number of unbranched alkanes of at least 4 members (excludes halogenated alkanes) is 12. The number of nitrogens with one attached hydrogen (secondary N) is 3. The summed E-state index contributed by atoms with van der Waals surface area (Å²) in [7, 11) is -4.37. The molecule has 0 aromatic rings. The van der Waals surface area contributed by atoms with Crippen LogP contribution in [0.15, 0.2) is 0 Å². The maximum Gasteiger partial charge on any atom is 0.469 e. The minimum Gasteiger partial charge on any atom is -0.481 e. The highest BCUT2D eigenvalue weighted by Gasteiger charge is 2.43.